The van der Waals surface area contributed by atoms with Gasteiger partial charge in [-0.25, -0.2) is 14.8 Å². The van der Waals surface area contributed by atoms with Crippen molar-refractivity contribution in [3.63, 3.8) is 0 Å². The van der Waals surface area contributed by atoms with Crippen molar-refractivity contribution in [2.24, 2.45) is 0 Å². The molecule has 0 spiro atoms. The molecule has 0 aliphatic heterocycles. The van der Waals surface area contributed by atoms with Crippen LogP contribution in [-0.4, -0.2) is 22.5 Å². The fourth-order valence-electron chi connectivity index (χ4n) is 3.30. The minimum atomic E-state index is -0.327. The average molecular weight is 368 g/mol. The highest BCUT2D eigenvalue weighted by molar-refractivity contribution is 7.18. The molecule has 26 heavy (non-hydrogen) atoms. The summed E-state index contributed by atoms with van der Waals surface area (Å²) in [5.74, 6) is 0.913. The van der Waals surface area contributed by atoms with Gasteiger partial charge in [-0.2, -0.15) is 0 Å². The molecule has 0 unspecified atom stereocenters. The Hall–Kier alpha value is -2.47. The lowest BCUT2D eigenvalue weighted by Gasteiger charge is -2.08. The van der Waals surface area contributed by atoms with Crippen molar-refractivity contribution in [2.45, 2.75) is 39.0 Å². The van der Waals surface area contributed by atoms with Gasteiger partial charge in [-0.05, 0) is 62.4 Å². The number of thiophene rings is 1. The van der Waals surface area contributed by atoms with Crippen LogP contribution in [0.25, 0.3) is 10.2 Å². The first-order chi connectivity index (χ1) is 12.8. The smallest absolute Gasteiger partial charge is 0.338 e. The van der Waals surface area contributed by atoms with Crippen LogP contribution in [0.2, 0.25) is 0 Å². The fourth-order valence-corrected chi connectivity index (χ4v) is 4.52. The Balaban J connectivity index is 1.65. The number of aryl methyl sites for hydroxylation is 2. The summed E-state index contributed by atoms with van der Waals surface area (Å²) < 4.78 is 11.1. The normalized spacial score (nSPS) is 13.9. The van der Waals surface area contributed by atoms with Crippen LogP contribution in [-0.2, 0) is 17.6 Å². The predicted octanol–water partition coefficient (Wildman–Crippen LogP) is 4.93. The van der Waals surface area contributed by atoms with E-state index in [1.807, 2.05) is 0 Å². The number of ether oxygens (including phenoxy) is 2. The van der Waals surface area contributed by atoms with E-state index in [0.29, 0.717) is 23.8 Å². The standard InChI is InChI=1S/C20H20N2O3S/c1-2-24-20(23)13-8-10-14(11-9-13)25-18-17-15-6-4-3-5-7-16(15)26-19(17)22-12-21-18/h8-12H,2-7H2,1H3. The van der Waals surface area contributed by atoms with Crippen molar-refractivity contribution in [3.05, 3.63) is 46.6 Å². The Morgan fingerprint density at radius 3 is 2.73 bits per heavy atom. The van der Waals surface area contributed by atoms with Gasteiger partial charge in [-0.1, -0.05) is 6.42 Å². The Labute approximate surface area is 156 Å². The van der Waals surface area contributed by atoms with E-state index in [0.717, 1.165) is 23.1 Å². The molecule has 1 aromatic carbocycles. The molecule has 1 aliphatic carbocycles. The minimum Gasteiger partial charge on any atom is -0.462 e. The molecule has 0 N–H and O–H groups in total. The van der Waals surface area contributed by atoms with E-state index in [1.165, 1.54) is 29.7 Å². The monoisotopic (exact) mass is 368 g/mol. The molecular weight excluding hydrogens is 348 g/mol. The molecule has 0 saturated heterocycles. The van der Waals surface area contributed by atoms with Crippen molar-refractivity contribution >= 4 is 27.5 Å². The quantitative estimate of drug-likeness (QED) is 0.483. The van der Waals surface area contributed by atoms with Gasteiger partial charge in [0.05, 0.1) is 17.6 Å². The maximum Gasteiger partial charge on any atom is 0.338 e. The third kappa shape index (κ3) is 3.29. The molecule has 2 heterocycles. The van der Waals surface area contributed by atoms with Crippen LogP contribution in [0.4, 0.5) is 0 Å². The molecule has 0 saturated carbocycles. The number of rotatable bonds is 4. The molecule has 134 valence electrons. The molecule has 0 amide bonds. The van der Waals surface area contributed by atoms with Crippen LogP contribution in [0.1, 0.15) is 47.0 Å². The third-order valence-corrected chi connectivity index (χ3v) is 5.75. The number of hydrogen-bond acceptors (Lipinski definition) is 6. The molecule has 2 aromatic heterocycles. The highest BCUT2D eigenvalue weighted by atomic mass is 32.1. The van der Waals surface area contributed by atoms with Crippen molar-refractivity contribution in [1.82, 2.24) is 9.97 Å². The molecule has 4 rings (SSSR count). The lowest BCUT2D eigenvalue weighted by atomic mass is 10.1. The van der Waals surface area contributed by atoms with E-state index in [9.17, 15) is 4.79 Å². The van der Waals surface area contributed by atoms with Gasteiger partial charge in [0.25, 0.3) is 0 Å². The molecular formula is C20H20N2O3S. The number of carbonyl (C=O) groups is 1. The molecule has 0 radical (unpaired) electrons. The third-order valence-electron chi connectivity index (χ3n) is 4.55. The summed E-state index contributed by atoms with van der Waals surface area (Å²) >= 11 is 1.76. The average Bonchev–Trinajstić information content (AvgIpc) is 2.85. The highest BCUT2D eigenvalue weighted by Crippen LogP contribution is 2.39. The molecule has 5 nitrogen and oxygen atoms in total. The zero-order chi connectivity index (χ0) is 17.9. The Morgan fingerprint density at radius 1 is 1.12 bits per heavy atom. The van der Waals surface area contributed by atoms with Gasteiger partial charge in [0.15, 0.2) is 0 Å². The number of carbonyl (C=O) groups excluding carboxylic acids is 1. The first-order valence-electron chi connectivity index (χ1n) is 8.96. The Morgan fingerprint density at radius 2 is 1.92 bits per heavy atom. The van der Waals surface area contributed by atoms with Crippen LogP contribution in [0, 0.1) is 0 Å². The van der Waals surface area contributed by atoms with Gasteiger partial charge < -0.3 is 9.47 Å². The molecule has 6 heteroatoms. The summed E-state index contributed by atoms with van der Waals surface area (Å²) in [7, 11) is 0. The number of benzene rings is 1. The number of nitrogens with zero attached hydrogens (tertiary/aromatic N) is 2. The van der Waals surface area contributed by atoms with Crippen molar-refractivity contribution in [1.29, 1.82) is 0 Å². The molecule has 3 aromatic rings. The van der Waals surface area contributed by atoms with E-state index >= 15 is 0 Å². The van der Waals surface area contributed by atoms with Crippen LogP contribution in [0.5, 0.6) is 11.6 Å². The van der Waals surface area contributed by atoms with E-state index < -0.39 is 0 Å². The Kier molecular flexibility index (Phi) is 4.84. The molecule has 0 fully saturated rings. The summed E-state index contributed by atoms with van der Waals surface area (Å²) in [6.07, 6.45) is 7.42. The fraction of sp³-hybridized carbons (Fsp3) is 0.350. The summed E-state index contributed by atoms with van der Waals surface area (Å²) in [6, 6.07) is 6.95. The van der Waals surface area contributed by atoms with Crippen molar-refractivity contribution in [2.75, 3.05) is 6.61 Å². The summed E-state index contributed by atoms with van der Waals surface area (Å²) in [4.78, 5) is 23.0. The van der Waals surface area contributed by atoms with Crippen LogP contribution >= 0.6 is 11.3 Å². The largest absolute Gasteiger partial charge is 0.462 e. The van der Waals surface area contributed by atoms with E-state index in [1.54, 1.807) is 48.9 Å². The van der Waals surface area contributed by atoms with Crippen LogP contribution < -0.4 is 4.74 Å². The van der Waals surface area contributed by atoms with E-state index in [-0.39, 0.29) is 5.97 Å². The molecule has 0 bridgehead atoms. The lowest BCUT2D eigenvalue weighted by Crippen LogP contribution is -2.04. The van der Waals surface area contributed by atoms with E-state index in [4.69, 9.17) is 9.47 Å². The van der Waals surface area contributed by atoms with Gasteiger partial charge >= 0.3 is 5.97 Å². The van der Waals surface area contributed by atoms with Crippen LogP contribution in [0.3, 0.4) is 0 Å². The first-order valence-corrected chi connectivity index (χ1v) is 9.78. The summed E-state index contributed by atoms with van der Waals surface area (Å²) in [5.41, 5.74) is 1.86. The van der Waals surface area contributed by atoms with Gasteiger partial charge in [0, 0.05) is 4.88 Å². The zero-order valence-corrected chi connectivity index (χ0v) is 15.5. The van der Waals surface area contributed by atoms with Crippen molar-refractivity contribution in [3.8, 4) is 11.6 Å². The molecule has 1 aliphatic rings. The number of hydrogen-bond donors (Lipinski definition) is 0. The van der Waals surface area contributed by atoms with Crippen molar-refractivity contribution < 1.29 is 14.3 Å². The number of fused-ring (bicyclic) bond motifs is 3. The second-order valence-corrected chi connectivity index (χ2v) is 7.35. The van der Waals surface area contributed by atoms with Gasteiger partial charge in [-0.3, -0.25) is 0 Å². The van der Waals surface area contributed by atoms with E-state index in [2.05, 4.69) is 9.97 Å². The number of aromatic nitrogens is 2. The summed E-state index contributed by atoms with van der Waals surface area (Å²) in [6.45, 7) is 2.15. The maximum atomic E-state index is 11.8. The zero-order valence-electron chi connectivity index (χ0n) is 14.7. The second kappa shape index (κ2) is 7.41. The SMILES string of the molecule is CCOC(=O)c1ccc(Oc2ncnc3sc4c(c23)CCCCC4)cc1. The maximum absolute atomic E-state index is 11.8. The van der Waals surface area contributed by atoms with Crippen LogP contribution in [0.15, 0.2) is 30.6 Å². The molecule has 0 atom stereocenters. The highest BCUT2D eigenvalue weighted by Gasteiger charge is 2.20. The summed E-state index contributed by atoms with van der Waals surface area (Å²) in [5, 5.41) is 1.05. The van der Waals surface area contributed by atoms with Gasteiger partial charge in [-0.15, -0.1) is 11.3 Å². The first kappa shape index (κ1) is 17.0. The second-order valence-electron chi connectivity index (χ2n) is 6.27. The van der Waals surface area contributed by atoms with Gasteiger partial charge in [0.2, 0.25) is 5.88 Å². The van der Waals surface area contributed by atoms with Gasteiger partial charge in [0.1, 0.15) is 16.9 Å². The Bertz CT molecular complexity index is 934. The topological polar surface area (TPSA) is 61.3 Å². The minimum absolute atomic E-state index is 0.327. The lowest BCUT2D eigenvalue weighted by molar-refractivity contribution is 0.0526. The number of esters is 1. The predicted molar refractivity (Wildman–Crippen MR) is 101 cm³/mol.